The molecule has 2 N–H and O–H groups in total. The number of carbonyl (C=O) groups excluding carboxylic acids is 1. The molecule has 0 saturated heterocycles. The smallest absolute Gasteiger partial charge is 0.223 e. The number of hydrogen-bond donors (Lipinski definition) is 2. The number of rotatable bonds is 5. The van der Waals surface area contributed by atoms with Crippen molar-refractivity contribution in [3.8, 4) is 0 Å². The average molecular weight is 339 g/mol. The molecule has 4 heteroatoms. The first kappa shape index (κ1) is 16.4. The Morgan fingerprint density at radius 1 is 1.16 bits per heavy atom. The zero-order chi connectivity index (χ0) is 17.1. The molecule has 1 amide bonds. The Labute approximate surface area is 149 Å². The van der Waals surface area contributed by atoms with E-state index in [9.17, 15) is 4.79 Å². The molecule has 0 radical (unpaired) electrons. The number of carbonyl (C=O) groups is 1. The van der Waals surface area contributed by atoms with Gasteiger partial charge in [-0.25, -0.2) is 0 Å². The quantitative estimate of drug-likeness (QED) is 0.878. The molecule has 1 aromatic heterocycles. The third-order valence-electron chi connectivity index (χ3n) is 5.84. The van der Waals surface area contributed by atoms with Crippen molar-refractivity contribution in [1.82, 2.24) is 5.32 Å². The Morgan fingerprint density at radius 2 is 1.96 bits per heavy atom. The predicted molar refractivity (Wildman–Crippen MR) is 96.1 cm³/mol. The summed E-state index contributed by atoms with van der Waals surface area (Å²) < 4.78 is 5.72. The second kappa shape index (κ2) is 7.44. The van der Waals surface area contributed by atoms with Gasteiger partial charge in [0.25, 0.3) is 0 Å². The number of fused-ring (bicyclic) bond motifs is 1. The van der Waals surface area contributed by atoms with E-state index in [1.54, 1.807) is 6.26 Å². The molecule has 2 aliphatic rings. The fraction of sp³-hybridized carbons (Fsp3) is 0.476. The highest BCUT2D eigenvalue weighted by molar-refractivity contribution is 5.78. The first-order valence-corrected chi connectivity index (χ1v) is 9.54. The maximum atomic E-state index is 12.4. The summed E-state index contributed by atoms with van der Waals surface area (Å²) in [5.41, 5.74) is 2.88. The lowest BCUT2D eigenvalue weighted by atomic mass is 9.98. The Balaban J connectivity index is 1.46. The van der Waals surface area contributed by atoms with E-state index in [1.165, 1.54) is 28.9 Å². The van der Waals surface area contributed by atoms with Gasteiger partial charge in [0, 0.05) is 17.9 Å². The van der Waals surface area contributed by atoms with Gasteiger partial charge in [-0.15, -0.1) is 0 Å². The molecule has 1 fully saturated rings. The number of hydrogen-bond acceptors (Lipinski definition) is 2. The van der Waals surface area contributed by atoms with Crippen LogP contribution in [0, 0.1) is 5.92 Å². The van der Waals surface area contributed by atoms with Crippen LogP contribution in [0.1, 0.15) is 48.6 Å². The summed E-state index contributed by atoms with van der Waals surface area (Å²) in [7, 11) is 0. The average Bonchev–Trinajstić information content (AvgIpc) is 3.35. The number of amides is 1. The Kier molecular flexibility index (Phi) is 4.88. The minimum atomic E-state index is 0.175. The van der Waals surface area contributed by atoms with E-state index >= 15 is 0 Å². The van der Waals surface area contributed by atoms with Crippen molar-refractivity contribution < 1.29 is 14.1 Å². The van der Waals surface area contributed by atoms with Crippen LogP contribution in [-0.2, 0) is 17.8 Å². The lowest BCUT2D eigenvalue weighted by Gasteiger charge is -2.32. The molecule has 25 heavy (non-hydrogen) atoms. The topological polar surface area (TPSA) is 46.7 Å². The molecule has 1 saturated carbocycles. The predicted octanol–water partition coefficient (Wildman–Crippen LogP) is 2.27. The molecule has 4 nitrogen and oxygen atoms in total. The lowest BCUT2D eigenvalue weighted by Crippen LogP contribution is -3.12. The second-order valence-electron chi connectivity index (χ2n) is 7.40. The Bertz CT molecular complexity index is 704. The number of benzene rings is 1. The van der Waals surface area contributed by atoms with Crippen LogP contribution in [0.5, 0.6) is 0 Å². The van der Waals surface area contributed by atoms with Crippen LogP contribution in [0.3, 0.4) is 0 Å². The third kappa shape index (κ3) is 3.64. The van der Waals surface area contributed by atoms with Crippen LogP contribution in [0.25, 0.3) is 0 Å². The monoisotopic (exact) mass is 339 g/mol. The van der Waals surface area contributed by atoms with Gasteiger partial charge in [0.1, 0.15) is 6.54 Å². The van der Waals surface area contributed by atoms with E-state index in [4.69, 9.17) is 4.42 Å². The molecule has 2 atom stereocenters. The van der Waals surface area contributed by atoms with Crippen LogP contribution in [-0.4, -0.2) is 19.0 Å². The summed E-state index contributed by atoms with van der Waals surface area (Å²) in [6, 6.07) is 12.9. The molecule has 132 valence electrons. The highest BCUT2D eigenvalue weighted by Gasteiger charge is 2.31. The van der Waals surface area contributed by atoms with Crippen LogP contribution in [0.2, 0.25) is 0 Å². The molecule has 2 aromatic rings. The zero-order valence-electron chi connectivity index (χ0n) is 14.7. The zero-order valence-corrected chi connectivity index (χ0v) is 14.7. The molecule has 2 heterocycles. The maximum absolute atomic E-state index is 12.4. The molecule has 0 bridgehead atoms. The van der Waals surface area contributed by atoms with Gasteiger partial charge < -0.3 is 14.6 Å². The molecular weight excluding hydrogens is 312 g/mol. The number of quaternary nitrogens is 1. The summed E-state index contributed by atoms with van der Waals surface area (Å²) in [5.74, 6) is 1.42. The van der Waals surface area contributed by atoms with Gasteiger partial charge in [-0.1, -0.05) is 37.1 Å². The molecule has 0 spiro atoms. The first-order valence-electron chi connectivity index (χ1n) is 9.54. The van der Waals surface area contributed by atoms with Crippen molar-refractivity contribution in [2.24, 2.45) is 5.92 Å². The van der Waals surface area contributed by atoms with Crippen LogP contribution in [0.4, 0.5) is 0 Å². The van der Waals surface area contributed by atoms with Gasteiger partial charge in [0.15, 0.2) is 11.8 Å². The molecular formula is C21H27N2O2+. The van der Waals surface area contributed by atoms with Gasteiger partial charge in [0.05, 0.1) is 19.4 Å². The van der Waals surface area contributed by atoms with Crippen LogP contribution in [0.15, 0.2) is 47.1 Å². The van der Waals surface area contributed by atoms with E-state index in [0.717, 1.165) is 38.1 Å². The van der Waals surface area contributed by atoms with Gasteiger partial charge in [0.2, 0.25) is 5.91 Å². The summed E-state index contributed by atoms with van der Waals surface area (Å²) >= 11 is 0. The lowest BCUT2D eigenvalue weighted by molar-refractivity contribution is -0.946. The largest absolute Gasteiger partial charge is 0.463 e. The van der Waals surface area contributed by atoms with Crippen LogP contribution >= 0.6 is 0 Å². The van der Waals surface area contributed by atoms with E-state index < -0.39 is 0 Å². The fourth-order valence-corrected chi connectivity index (χ4v) is 4.37. The standard InChI is InChI=1S/C21H26N2O2/c24-21(17-7-2-3-8-17)22-14-19(20-10-5-13-25-20)23-12-11-16-6-1-4-9-18(16)15-23/h1,4-6,9-10,13,17,19H,2-3,7-8,11-12,14-15H2,(H,22,24)/p+1/t19-/m0/s1. The van der Waals surface area contributed by atoms with Gasteiger partial charge in [-0.05, 0) is 30.5 Å². The Hall–Kier alpha value is -2.07. The van der Waals surface area contributed by atoms with Crippen LogP contribution < -0.4 is 10.2 Å². The van der Waals surface area contributed by atoms with E-state index in [1.807, 2.05) is 12.1 Å². The summed E-state index contributed by atoms with van der Waals surface area (Å²) in [6.45, 7) is 2.71. The highest BCUT2D eigenvalue weighted by Crippen LogP contribution is 2.24. The first-order chi connectivity index (χ1) is 12.3. The van der Waals surface area contributed by atoms with E-state index in [-0.39, 0.29) is 17.9 Å². The van der Waals surface area contributed by atoms with Crippen molar-refractivity contribution >= 4 is 5.91 Å². The second-order valence-corrected chi connectivity index (χ2v) is 7.40. The van der Waals surface area contributed by atoms with Crippen molar-refractivity contribution in [1.29, 1.82) is 0 Å². The summed E-state index contributed by atoms with van der Waals surface area (Å²) in [6.07, 6.45) is 7.28. The molecule has 4 rings (SSSR count). The van der Waals surface area contributed by atoms with Crippen molar-refractivity contribution in [2.45, 2.75) is 44.7 Å². The minimum absolute atomic E-state index is 0.175. The molecule has 1 aliphatic heterocycles. The maximum Gasteiger partial charge on any atom is 0.223 e. The third-order valence-corrected chi connectivity index (χ3v) is 5.84. The van der Waals surface area contributed by atoms with Gasteiger partial charge in [-0.2, -0.15) is 0 Å². The summed E-state index contributed by atoms with van der Waals surface area (Å²) in [5, 5.41) is 3.21. The van der Waals surface area contributed by atoms with E-state index in [0.29, 0.717) is 6.54 Å². The number of furan rings is 1. The van der Waals surface area contributed by atoms with Gasteiger partial charge in [-0.3, -0.25) is 4.79 Å². The van der Waals surface area contributed by atoms with Crippen molar-refractivity contribution in [3.63, 3.8) is 0 Å². The van der Waals surface area contributed by atoms with Gasteiger partial charge >= 0.3 is 0 Å². The minimum Gasteiger partial charge on any atom is -0.463 e. The fourth-order valence-electron chi connectivity index (χ4n) is 4.37. The molecule has 1 aromatic carbocycles. The number of nitrogens with one attached hydrogen (secondary N) is 2. The molecule has 1 aliphatic carbocycles. The van der Waals surface area contributed by atoms with E-state index in [2.05, 4.69) is 29.6 Å². The Morgan fingerprint density at radius 3 is 2.72 bits per heavy atom. The summed E-state index contributed by atoms with van der Waals surface area (Å²) in [4.78, 5) is 13.9. The molecule has 1 unspecified atom stereocenters. The normalized spacial score (nSPS) is 21.7. The highest BCUT2D eigenvalue weighted by atomic mass is 16.3. The SMILES string of the molecule is O=C(NC[C@@H](c1ccco1)[NH+]1CCc2ccccc2C1)C1CCCC1. The van der Waals surface area contributed by atoms with Crippen molar-refractivity contribution in [3.05, 3.63) is 59.5 Å². The van der Waals surface area contributed by atoms with Crippen molar-refractivity contribution in [2.75, 3.05) is 13.1 Å².